The van der Waals surface area contributed by atoms with Crippen LogP contribution in [0.3, 0.4) is 0 Å². The molecular weight excluding hydrogens is 342 g/mol. The molecule has 4 aromatic rings. The van der Waals surface area contributed by atoms with Crippen LogP contribution in [0.4, 0.5) is 5.82 Å². The molecule has 0 unspecified atom stereocenters. The molecule has 0 radical (unpaired) electrons. The van der Waals surface area contributed by atoms with Gasteiger partial charge in [-0.2, -0.15) is 10.2 Å². The van der Waals surface area contributed by atoms with Crippen LogP contribution in [0.5, 0.6) is 5.75 Å². The summed E-state index contributed by atoms with van der Waals surface area (Å²) in [5.74, 6) is 1.33. The zero-order valence-corrected chi connectivity index (χ0v) is 14.9. The minimum Gasteiger partial charge on any atom is -0.497 e. The predicted octanol–water partition coefficient (Wildman–Crippen LogP) is 2.97. The molecule has 0 amide bonds. The van der Waals surface area contributed by atoms with Crippen LogP contribution in [0, 0.1) is 6.92 Å². The van der Waals surface area contributed by atoms with Crippen molar-refractivity contribution in [2.75, 3.05) is 12.5 Å². The summed E-state index contributed by atoms with van der Waals surface area (Å²) in [6.45, 7) is 1.98. The van der Waals surface area contributed by atoms with Gasteiger partial charge >= 0.3 is 0 Å². The molecule has 3 heterocycles. The summed E-state index contributed by atoms with van der Waals surface area (Å²) in [5, 5.41) is 9.49. The van der Waals surface area contributed by atoms with Gasteiger partial charge in [0.2, 0.25) is 0 Å². The molecule has 0 aliphatic heterocycles. The van der Waals surface area contributed by atoms with E-state index in [0.717, 1.165) is 28.0 Å². The van der Waals surface area contributed by atoms with Crippen LogP contribution in [0.2, 0.25) is 0 Å². The molecule has 0 saturated heterocycles. The minimum atomic E-state index is 0.581. The van der Waals surface area contributed by atoms with Crippen molar-refractivity contribution in [2.24, 2.45) is 5.10 Å². The first-order valence-electron chi connectivity index (χ1n) is 8.29. The predicted molar refractivity (Wildman–Crippen MR) is 103 cm³/mol. The molecule has 0 fully saturated rings. The molecule has 1 N–H and O–H groups in total. The van der Waals surface area contributed by atoms with Crippen LogP contribution >= 0.6 is 0 Å². The average Bonchev–Trinajstić information content (AvgIpc) is 3.14. The first kappa shape index (κ1) is 16.6. The van der Waals surface area contributed by atoms with Crippen molar-refractivity contribution in [1.82, 2.24) is 24.7 Å². The molecule has 0 spiro atoms. The molecule has 8 heteroatoms. The van der Waals surface area contributed by atoms with Crippen LogP contribution in [0.1, 0.15) is 11.1 Å². The maximum Gasteiger partial charge on any atom is 0.168 e. The molecule has 0 saturated carbocycles. The highest BCUT2D eigenvalue weighted by Crippen LogP contribution is 2.23. The van der Waals surface area contributed by atoms with Gasteiger partial charge in [-0.05, 0) is 30.7 Å². The van der Waals surface area contributed by atoms with Crippen LogP contribution in [-0.4, -0.2) is 38.1 Å². The number of hydrogen-bond donors (Lipinski definition) is 1. The Hall–Kier alpha value is -3.81. The number of hydrogen-bond acceptors (Lipinski definition) is 7. The smallest absolute Gasteiger partial charge is 0.168 e. The van der Waals surface area contributed by atoms with Crippen molar-refractivity contribution >= 4 is 23.1 Å². The Labute approximate surface area is 155 Å². The number of methoxy groups -OCH3 is 1. The van der Waals surface area contributed by atoms with Gasteiger partial charge in [-0.25, -0.2) is 14.6 Å². The zero-order valence-electron chi connectivity index (χ0n) is 14.9. The molecule has 8 nitrogen and oxygen atoms in total. The standard InChI is InChI=1S/C19H17N7O/c1-13-9-20-7-6-14(13)10-23-25-18-17-11-24-26(19(17)22-12-21-18)15-4-3-5-16(8-15)27-2/h3-12H,1-2H3,(H,21,22,25). The van der Waals surface area contributed by atoms with Crippen molar-refractivity contribution in [2.45, 2.75) is 6.92 Å². The number of anilines is 1. The molecule has 1 aromatic carbocycles. The van der Waals surface area contributed by atoms with E-state index in [0.29, 0.717) is 11.5 Å². The van der Waals surface area contributed by atoms with Crippen LogP contribution < -0.4 is 10.2 Å². The van der Waals surface area contributed by atoms with Gasteiger partial charge in [0.05, 0.1) is 30.6 Å². The highest BCUT2D eigenvalue weighted by atomic mass is 16.5. The molecule has 0 aliphatic carbocycles. The van der Waals surface area contributed by atoms with E-state index in [2.05, 4.69) is 30.6 Å². The van der Waals surface area contributed by atoms with Crippen LogP contribution in [-0.2, 0) is 0 Å². The molecule has 27 heavy (non-hydrogen) atoms. The maximum atomic E-state index is 5.28. The number of fused-ring (bicyclic) bond motifs is 1. The fourth-order valence-electron chi connectivity index (χ4n) is 2.66. The number of nitrogens with one attached hydrogen (secondary N) is 1. The largest absolute Gasteiger partial charge is 0.497 e. The molecular formula is C19H17N7O. The zero-order chi connectivity index (χ0) is 18.6. The SMILES string of the molecule is COc1cccc(-n2ncc3c(NN=Cc4ccncc4C)ncnc32)c1. The fourth-order valence-corrected chi connectivity index (χ4v) is 2.66. The van der Waals surface area contributed by atoms with Gasteiger partial charge in [0.1, 0.15) is 12.1 Å². The third kappa shape index (κ3) is 3.32. The molecule has 0 bridgehead atoms. The first-order valence-corrected chi connectivity index (χ1v) is 8.29. The number of rotatable bonds is 5. The highest BCUT2D eigenvalue weighted by Gasteiger charge is 2.11. The van der Waals surface area contributed by atoms with Crippen LogP contribution in [0.15, 0.2) is 60.4 Å². The molecule has 3 aromatic heterocycles. The van der Waals surface area contributed by atoms with Crippen molar-refractivity contribution in [3.8, 4) is 11.4 Å². The average molecular weight is 359 g/mol. The molecule has 4 rings (SSSR count). The highest BCUT2D eigenvalue weighted by molar-refractivity contribution is 5.88. The van der Waals surface area contributed by atoms with Gasteiger partial charge in [0.25, 0.3) is 0 Å². The fraction of sp³-hybridized carbons (Fsp3) is 0.105. The Bertz CT molecular complexity index is 1120. The lowest BCUT2D eigenvalue weighted by Gasteiger charge is -2.06. The number of nitrogens with zero attached hydrogens (tertiary/aromatic N) is 6. The summed E-state index contributed by atoms with van der Waals surface area (Å²) in [6, 6.07) is 9.52. The van der Waals surface area contributed by atoms with Crippen LogP contribution in [0.25, 0.3) is 16.7 Å². The number of benzene rings is 1. The van der Waals surface area contributed by atoms with Gasteiger partial charge in [-0.3, -0.25) is 10.4 Å². The summed E-state index contributed by atoms with van der Waals surface area (Å²) in [4.78, 5) is 12.7. The van der Waals surface area contributed by atoms with E-state index in [1.54, 1.807) is 36.6 Å². The Morgan fingerprint density at radius 2 is 2.11 bits per heavy atom. The third-order valence-corrected chi connectivity index (χ3v) is 4.10. The van der Waals surface area contributed by atoms with Gasteiger partial charge < -0.3 is 4.74 Å². The summed E-state index contributed by atoms with van der Waals surface area (Å²) >= 11 is 0. The van der Waals surface area contributed by atoms with Gasteiger partial charge in [-0.15, -0.1) is 0 Å². The Kier molecular flexibility index (Phi) is 4.44. The van der Waals surface area contributed by atoms with Crippen molar-refractivity contribution in [3.63, 3.8) is 0 Å². The van der Waals surface area contributed by atoms with E-state index in [-0.39, 0.29) is 0 Å². The number of hydrazone groups is 1. The molecule has 0 atom stereocenters. The van der Waals surface area contributed by atoms with Gasteiger partial charge in [-0.1, -0.05) is 6.07 Å². The quantitative estimate of drug-likeness (QED) is 0.435. The second-order valence-corrected chi connectivity index (χ2v) is 5.82. The van der Waals surface area contributed by atoms with Crippen molar-refractivity contribution < 1.29 is 4.74 Å². The van der Waals surface area contributed by atoms with E-state index in [4.69, 9.17) is 4.74 Å². The number of pyridine rings is 1. The minimum absolute atomic E-state index is 0.581. The normalized spacial score (nSPS) is 11.2. The van der Waals surface area contributed by atoms with Crippen molar-refractivity contribution in [1.29, 1.82) is 0 Å². The Balaban J connectivity index is 1.65. The Morgan fingerprint density at radius 3 is 2.96 bits per heavy atom. The number of ether oxygens (including phenoxy) is 1. The first-order chi connectivity index (χ1) is 13.3. The second kappa shape index (κ2) is 7.20. The van der Waals surface area contributed by atoms with E-state index < -0.39 is 0 Å². The van der Waals surface area contributed by atoms with E-state index >= 15 is 0 Å². The van der Waals surface area contributed by atoms with E-state index in [1.165, 1.54) is 6.33 Å². The lowest BCUT2D eigenvalue weighted by molar-refractivity contribution is 0.414. The third-order valence-electron chi connectivity index (χ3n) is 4.10. The Morgan fingerprint density at radius 1 is 1.19 bits per heavy atom. The van der Waals surface area contributed by atoms with Gasteiger partial charge in [0.15, 0.2) is 11.5 Å². The topological polar surface area (TPSA) is 90.1 Å². The second-order valence-electron chi connectivity index (χ2n) is 5.82. The molecule has 0 aliphatic rings. The number of aromatic nitrogens is 5. The van der Waals surface area contributed by atoms with Crippen molar-refractivity contribution in [3.05, 3.63) is 66.4 Å². The van der Waals surface area contributed by atoms with Gasteiger partial charge in [0, 0.05) is 24.0 Å². The monoisotopic (exact) mass is 359 g/mol. The summed E-state index contributed by atoms with van der Waals surface area (Å²) in [6.07, 6.45) is 8.45. The van der Waals surface area contributed by atoms with E-state index in [1.807, 2.05) is 37.3 Å². The lowest BCUT2D eigenvalue weighted by Crippen LogP contribution is -2.00. The summed E-state index contributed by atoms with van der Waals surface area (Å²) < 4.78 is 7.02. The number of aryl methyl sites for hydroxylation is 1. The summed E-state index contributed by atoms with van der Waals surface area (Å²) in [5.41, 5.74) is 6.52. The molecule has 134 valence electrons. The summed E-state index contributed by atoms with van der Waals surface area (Å²) in [7, 11) is 1.63. The lowest BCUT2D eigenvalue weighted by atomic mass is 10.2. The maximum absolute atomic E-state index is 5.28. The van der Waals surface area contributed by atoms with E-state index in [9.17, 15) is 0 Å².